The summed E-state index contributed by atoms with van der Waals surface area (Å²) in [5.74, 6) is 0.388. The van der Waals surface area contributed by atoms with E-state index in [2.05, 4.69) is 5.32 Å². The van der Waals surface area contributed by atoms with Crippen molar-refractivity contribution < 1.29 is 19.9 Å². The van der Waals surface area contributed by atoms with Gasteiger partial charge in [-0.2, -0.15) is 0 Å². The molecule has 6 heteroatoms. The Hall–Kier alpha value is -1.86. The molecule has 134 valence electrons. The third-order valence-electron chi connectivity index (χ3n) is 3.79. The molecule has 0 spiro atoms. The van der Waals surface area contributed by atoms with Crippen LogP contribution in [0, 0.1) is 0 Å². The third kappa shape index (κ3) is 5.86. The van der Waals surface area contributed by atoms with Crippen molar-refractivity contribution >= 4 is 12.6 Å². The third-order valence-corrected chi connectivity index (χ3v) is 3.79. The predicted molar refractivity (Wildman–Crippen MR) is 99.8 cm³/mol. The maximum absolute atomic E-state index is 10.3. The Kier molecular flexibility index (Phi) is 6.61. The average Bonchev–Trinajstić information content (AvgIpc) is 2.60. The van der Waals surface area contributed by atoms with Crippen LogP contribution in [0.15, 0.2) is 48.5 Å². The van der Waals surface area contributed by atoms with Crippen molar-refractivity contribution in [2.45, 2.75) is 39.0 Å². The molecule has 1 atom stereocenters. The second-order valence-electron chi connectivity index (χ2n) is 7.05. The van der Waals surface area contributed by atoms with E-state index in [-0.39, 0.29) is 12.1 Å². The van der Waals surface area contributed by atoms with Crippen molar-refractivity contribution in [1.82, 2.24) is 5.32 Å². The summed E-state index contributed by atoms with van der Waals surface area (Å²) in [5.41, 5.74) is 1.73. The van der Waals surface area contributed by atoms with Crippen LogP contribution >= 0.6 is 0 Å². The molecule has 25 heavy (non-hydrogen) atoms. The number of β-amino-alcohol motifs (C(OH)–C–C–N with tert-alkyl or cyclic N) is 1. The molecule has 0 saturated heterocycles. The lowest BCUT2D eigenvalue weighted by molar-refractivity contribution is 0.163. The van der Waals surface area contributed by atoms with Gasteiger partial charge >= 0.3 is 7.12 Å². The van der Waals surface area contributed by atoms with Gasteiger partial charge in [0.05, 0.1) is 12.7 Å². The van der Waals surface area contributed by atoms with Gasteiger partial charge in [-0.25, -0.2) is 0 Å². The quantitative estimate of drug-likeness (QED) is 0.571. The average molecular weight is 343 g/mol. The summed E-state index contributed by atoms with van der Waals surface area (Å²) in [5, 5.41) is 33.4. The number of benzene rings is 2. The molecule has 0 fully saturated rings. The van der Waals surface area contributed by atoms with Crippen LogP contribution in [-0.4, -0.2) is 34.4 Å². The Bertz CT molecular complexity index is 673. The topological polar surface area (TPSA) is 82.0 Å². The predicted octanol–water partition coefficient (Wildman–Crippen LogP) is 1.37. The summed E-state index contributed by atoms with van der Waals surface area (Å²) >= 11 is 0. The largest absolute Gasteiger partial charge is 0.560 e. The van der Waals surface area contributed by atoms with E-state index < -0.39 is 13.2 Å². The van der Waals surface area contributed by atoms with E-state index >= 15 is 0 Å². The van der Waals surface area contributed by atoms with Crippen LogP contribution in [0.1, 0.15) is 38.0 Å². The zero-order chi connectivity index (χ0) is 18.4. The Morgan fingerprint density at radius 1 is 1.12 bits per heavy atom. The van der Waals surface area contributed by atoms with Crippen LogP contribution in [0.5, 0.6) is 5.75 Å². The Balaban J connectivity index is 2.11. The first-order valence-corrected chi connectivity index (χ1v) is 8.36. The summed E-state index contributed by atoms with van der Waals surface area (Å²) in [4.78, 5) is 0. The number of aliphatic hydroxyl groups is 2. The minimum Gasteiger partial charge on any atom is -0.532 e. The number of aliphatic hydroxyl groups excluding tert-OH is 2. The lowest BCUT2D eigenvalue weighted by Crippen LogP contribution is -2.38. The molecular weight excluding hydrogens is 317 g/mol. The van der Waals surface area contributed by atoms with E-state index in [1.54, 1.807) is 30.3 Å². The summed E-state index contributed by atoms with van der Waals surface area (Å²) in [6, 6.07) is 14.1. The molecule has 2 aromatic carbocycles. The lowest BCUT2D eigenvalue weighted by Gasteiger charge is -2.23. The van der Waals surface area contributed by atoms with E-state index in [0.717, 1.165) is 0 Å². The molecule has 0 aliphatic carbocycles. The fourth-order valence-electron chi connectivity index (χ4n) is 2.37. The first-order chi connectivity index (χ1) is 11.8. The molecule has 0 radical (unpaired) electrons. The van der Waals surface area contributed by atoms with Crippen molar-refractivity contribution in [3.63, 3.8) is 0 Å². The maximum Gasteiger partial charge on any atom is 0.560 e. The summed E-state index contributed by atoms with van der Waals surface area (Å²) < 4.78 is 5.57. The van der Waals surface area contributed by atoms with E-state index in [4.69, 9.17) is 4.65 Å². The van der Waals surface area contributed by atoms with Gasteiger partial charge in [0, 0.05) is 17.6 Å². The van der Waals surface area contributed by atoms with Gasteiger partial charge in [0.15, 0.2) is 0 Å². The molecule has 4 N–H and O–H groups in total. The molecule has 0 aromatic heterocycles. The summed E-state index contributed by atoms with van der Waals surface area (Å²) in [6.45, 7) is 6.24. The van der Waals surface area contributed by atoms with E-state index in [9.17, 15) is 15.2 Å². The highest BCUT2D eigenvalue weighted by Gasteiger charge is 2.21. The van der Waals surface area contributed by atoms with Gasteiger partial charge in [-0.3, -0.25) is 0 Å². The fraction of sp³-hybridized carbons (Fsp3) is 0.368. The highest BCUT2D eigenvalue weighted by molar-refractivity contribution is 6.60. The van der Waals surface area contributed by atoms with Crippen LogP contribution in [0.4, 0.5) is 0 Å². The van der Waals surface area contributed by atoms with Crippen LogP contribution in [0.25, 0.3) is 0 Å². The van der Waals surface area contributed by atoms with Gasteiger partial charge in [-0.05, 0) is 43.9 Å². The van der Waals surface area contributed by atoms with Gasteiger partial charge < -0.3 is 25.2 Å². The Morgan fingerprint density at radius 3 is 2.40 bits per heavy atom. The van der Waals surface area contributed by atoms with Gasteiger partial charge in [0.25, 0.3) is 0 Å². The lowest BCUT2D eigenvalue weighted by atomic mass is 9.79. The first-order valence-electron chi connectivity index (χ1n) is 8.36. The normalized spacial score (nSPS) is 12.7. The standard InChI is InChI=1S/C19H26BNO4/c1-19(2,3)21-12-17(23)14-9-10-18(15(11-14)13-22)25-20(24)16-7-5-4-6-8-16/h4-11,17,21-24H,12-13H2,1-3H3/t17-/m0/s1. The molecule has 0 aliphatic rings. The Morgan fingerprint density at radius 2 is 1.80 bits per heavy atom. The zero-order valence-corrected chi connectivity index (χ0v) is 14.9. The van der Waals surface area contributed by atoms with Gasteiger partial charge in [0.2, 0.25) is 0 Å². The van der Waals surface area contributed by atoms with Crippen molar-refractivity contribution in [3.8, 4) is 5.75 Å². The minimum atomic E-state index is -1.12. The number of nitrogens with one attached hydrogen (secondary N) is 1. The number of rotatable bonds is 7. The highest BCUT2D eigenvalue weighted by atomic mass is 16.5. The van der Waals surface area contributed by atoms with Crippen LogP contribution in [0.3, 0.4) is 0 Å². The van der Waals surface area contributed by atoms with Crippen molar-refractivity contribution in [2.75, 3.05) is 6.54 Å². The smallest absolute Gasteiger partial charge is 0.532 e. The molecule has 0 bridgehead atoms. The van der Waals surface area contributed by atoms with Crippen LogP contribution < -0.4 is 15.4 Å². The summed E-state index contributed by atoms with van der Waals surface area (Å²) in [7, 11) is -1.12. The minimum absolute atomic E-state index is 0.0936. The SMILES string of the molecule is CC(C)(C)NC[C@H](O)c1ccc(OB(O)c2ccccc2)c(CO)c1. The van der Waals surface area contributed by atoms with E-state index in [0.29, 0.717) is 28.9 Å². The number of hydrogen-bond donors (Lipinski definition) is 4. The molecule has 2 rings (SSSR count). The van der Waals surface area contributed by atoms with Crippen LogP contribution in [-0.2, 0) is 6.61 Å². The Labute approximate surface area is 149 Å². The molecule has 5 nitrogen and oxygen atoms in total. The van der Waals surface area contributed by atoms with Crippen molar-refractivity contribution in [1.29, 1.82) is 0 Å². The highest BCUT2D eigenvalue weighted by Crippen LogP contribution is 2.24. The summed E-state index contributed by atoms with van der Waals surface area (Å²) in [6.07, 6.45) is -0.697. The van der Waals surface area contributed by atoms with Crippen molar-refractivity contribution in [3.05, 3.63) is 59.7 Å². The number of hydrogen-bond acceptors (Lipinski definition) is 5. The van der Waals surface area contributed by atoms with Gasteiger partial charge in [0.1, 0.15) is 5.75 Å². The fourth-order valence-corrected chi connectivity index (χ4v) is 2.37. The maximum atomic E-state index is 10.3. The first kappa shape index (κ1) is 19.5. The second-order valence-corrected chi connectivity index (χ2v) is 7.05. The second kappa shape index (κ2) is 8.49. The molecule has 2 aromatic rings. The molecular formula is C19H26BNO4. The van der Waals surface area contributed by atoms with Crippen molar-refractivity contribution in [2.24, 2.45) is 0 Å². The molecule has 0 aliphatic heterocycles. The van der Waals surface area contributed by atoms with Gasteiger partial charge in [-0.1, -0.05) is 36.4 Å². The molecule has 0 unspecified atom stereocenters. The van der Waals surface area contributed by atoms with Crippen LogP contribution in [0.2, 0.25) is 0 Å². The zero-order valence-electron chi connectivity index (χ0n) is 14.9. The molecule has 0 heterocycles. The molecule has 0 saturated carbocycles. The van der Waals surface area contributed by atoms with E-state index in [1.165, 1.54) is 0 Å². The van der Waals surface area contributed by atoms with Gasteiger partial charge in [-0.15, -0.1) is 0 Å². The molecule has 0 amide bonds. The monoisotopic (exact) mass is 343 g/mol. The van der Waals surface area contributed by atoms with E-state index in [1.807, 2.05) is 39.0 Å².